The Morgan fingerprint density at radius 3 is 2.36 bits per heavy atom. The molecule has 0 aliphatic heterocycles. The summed E-state index contributed by atoms with van der Waals surface area (Å²) in [5.41, 5.74) is -1.34. The quantitative estimate of drug-likeness (QED) is 0.166. The number of thiol groups is 1. The summed E-state index contributed by atoms with van der Waals surface area (Å²) >= 11 is 3.78. The zero-order valence-corrected chi connectivity index (χ0v) is 15.5. The predicted molar refractivity (Wildman–Crippen MR) is 86.6 cm³/mol. The maximum absolute atomic E-state index is 11.8. The first-order valence-electron chi connectivity index (χ1n) is 7.07. The van der Waals surface area contributed by atoms with Gasteiger partial charge in [-0.1, -0.05) is 13.8 Å². The molecule has 0 spiro atoms. The van der Waals surface area contributed by atoms with E-state index in [0.29, 0.717) is 0 Å². The van der Waals surface area contributed by atoms with E-state index in [1.54, 1.807) is 0 Å². The summed E-state index contributed by atoms with van der Waals surface area (Å²) in [7, 11) is -4.99. The van der Waals surface area contributed by atoms with E-state index in [-0.39, 0.29) is 18.7 Å². The fraction of sp³-hybridized carbons (Fsp3) is 0.750. The molecule has 0 aliphatic carbocycles. The molecule has 0 aliphatic rings. The summed E-state index contributed by atoms with van der Waals surface area (Å²) in [6.45, 7) is 1.85. The Balaban J connectivity index is 4.38. The van der Waals surface area contributed by atoms with Crippen LogP contribution in [0.5, 0.6) is 0 Å². The zero-order chi connectivity index (χ0) is 19.8. The second kappa shape index (κ2) is 10.1. The van der Waals surface area contributed by atoms with Crippen LogP contribution in [0, 0.1) is 5.41 Å². The minimum absolute atomic E-state index is 0.102. The number of amides is 2. The van der Waals surface area contributed by atoms with Crippen LogP contribution in [-0.4, -0.2) is 63.9 Å². The molecule has 0 saturated heterocycles. The molecule has 2 amide bonds. The van der Waals surface area contributed by atoms with Crippen LogP contribution in [0.2, 0.25) is 0 Å². The van der Waals surface area contributed by atoms with E-state index >= 15 is 0 Å². The molecule has 0 rings (SSSR count). The fourth-order valence-corrected chi connectivity index (χ4v) is 2.27. The lowest BCUT2D eigenvalue weighted by Crippen LogP contribution is -2.47. The Morgan fingerprint density at radius 1 is 1.36 bits per heavy atom. The zero-order valence-electron chi connectivity index (χ0n) is 13.7. The van der Waals surface area contributed by atoms with Crippen LogP contribution in [0.1, 0.15) is 20.3 Å². The van der Waals surface area contributed by atoms with Gasteiger partial charge in [0.1, 0.15) is 12.1 Å². The van der Waals surface area contributed by atoms with Gasteiger partial charge in [-0.3, -0.25) is 14.2 Å². The van der Waals surface area contributed by atoms with Crippen molar-refractivity contribution in [3.8, 4) is 0 Å². The van der Waals surface area contributed by atoms with E-state index in [4.69, 9.17) is 10.00 Å². The third-order valence-corrected chi connectivity index (χ3v) is 3.88. The molecule has 0 heterocycles. The lowest BCUT2D eigenvalue weighted by atomic mass is 9.87. The Morgan fingerprint density at radius 2 is 1.92 bits per heavy atom. The van der Waals surface area contributed by atoms with E-state index in [2.05, 4.69) is 27.8 Å². The fourth-order valence-electron chi connectivity index (χ4n) is 1.53. The normalized spacial score (nSPS) is 16.4. The largest absolute Gasteiger partial charge is 0.756 e. The van der Waals surface area contributed by atoms with Crippen LogP contribution < -0.4 is 15.5 Å². The molecule has 0 aromatic rings. The second-order valence-electron chi connectivity index (χ2n) is 5.82. The van der Waals surface area contributed by atoms with Crippen molar-refractivity contribution >= 4 is 38.2 Å². The van der Waals surface area contributed by atoms with Crippen molar-refractivity contribution in [1.29, 1.82) is 0 Å². The molecule has 13 heteroatoms. The van der Waals surface area contributed by atoms with Crippen molar-refractivity contribution in [2.24, 2.45) is 5.41 Å². The number of rotatable bonds is 11. The number of carboxylic acid groups (broad SMARTS) is 1. The first-order chi connectivity index (χ1) is 11.3. The number of carbonyl (C=O) groups is 3. The Kier molecular flexibility index (Phi) is 9.62. The third-order valence-electron chi connectivity index (χ3n) is 3.06. The van der Waals surface area contributed by atoms with Crippen LogP contribution in [0.25, 0.3) is 0 Å². The van der Waals surface area contributed by atoms with Crippen molar-refractivity contribution in [2.75, 3.05) is 18.9 Å². The van der Waals surface area contributed by atoms with Gasteiger partial charge < -0.3 is 35.2 Å². The SMILES string of the molecule is CC(C)(COP(=O)([O-])O)[C@@H](O)C(=O)NCCC(=O)N[C@@H](CS)C(=O)O. The van der Waals surface area contributed by atoms with Gasteiger partial charge in [0.15, 0.2) is 0 Å². The number of hydrogen-bond acceptors (Lipinski definition) is 8. The lowest BCUT2D eigenvalue weighted by molar-refractivity contribution is -0.223. The van der Waals surface area contributed by atoms with E-state index < -0.39 is 49.8 Å². The Hall–Kier alpha value is -1.17. The summed E-state index contributed by atoms with van der Waals surface area (Å²) in [6.07, 6.45) is -1.91. The van der Waals surface area contributed by atoms with Gasteiger partial charge in [0.25, 0.3) is 7.82 Å². The Bertz CT molecular complexity index is 537. The van der Waals surface area contributed by atoms with Gasteiger partial charge in [-0.25, -0.2) is 4.79 Å². The number of aliphatic hydroxyl groups excluding tert-OH is 1. The maximum Gasteiger partial charge on any atom is 0.327 e. The highest BCUT2D eigenvalue weighted by Gasteiger charge is 2.34. The van der Waals surface area contributed by atoms with Crippen LogP contribution in [0.3, 0.4) is 0 Å². The van der Waals surface area contributed by atoms with Crippen LogP contribution >= 0.6 is 20.5 Å². The highest BCUT2D eigenvalue weighted by atomic mass is 32.1. The molecule has 0 bridgehead atoms. The van der Waals surface area contributed by atoms with Gasteiger partial charge in [0.2, 0.25) is 11.8 Å². The first-order valence-corrected chi connectivity index (χ1v) is 9.20. The van der Waals surface area contributed by atoms with Gasteiger partial charge in [0, 0.05) is 24.1 Å². The van der Waals surface area contributed by atoms with Gasteiger partial charge in [-0.05, 0) is 0 Å². The number of nitrogens with one attached hydrogen (secondary N) is 2. The van der Waals surface area contributed by atoms with Crippen molar-refractivity contribution < 1.29 is 43.5 Å². The molecule has 11 nitrogen and oxygen atoms in total. The highest BCUT2D eigenvalue weighted by Crippen LogP contribution is 2.34. The predicted octanol–water partition coefficient (Wildman–Crippen LogP) is -2.14. The van der Waals surface area contributed by atoms with Gasteiger partial charge in [-0.2, -0.15) is 12.6 Å². The van der Waals surface area contributed by atoms with E-state index in [0.717, 1.165) is 0 Å². The van der Waals surface area contributed by atoms with Crippen molar-refractivity contribution in [3.05, 3.63) is 0 Å². The number of carbonyl (C=O) groups excluding carboxylic acids is 2. The molecule has 3 atom stereocenters. The van der Waals surface area contributed by atoms with E-state index in [9.17, 15) is 28.9 Å². The average Bonchev–Trinajstić information content (AvgIpc) is 2.48. The molecule has 5 N–H and O–H groups in total. The second-order valence-corrected chi connectivity index (χ2v) is 7.38. The lowest BCUT2D eigenvalue weighted by Gasteiger charge is -2.31. The molecule has 0 aromatic heterocycles. The van der Waals surface area contributed by atoms with Gasteiger partial charge in [0.05, 0.1) is 6.61 Å². The van der Waals surface area contributed by atoms with Crippen LogP contribution in [0.15, 0.2) is 0 Å². The van der Waals surface area contributed by atoms with E-state index in [1.165, 1.54) is 13.8 Å². The summed E-state index contributed by atoms with van der Waals surface area (Å²) < 4.78 is 14.7. The summed E-state index contributed by atoms with van der Waals surface area (Å²) in [5, 5.41) is 23.1. The molecular formula is C12H22N2O9PS-. The van der Waals surface area contributed by atoms with Crippen LogP contribution in [-0.2, 0) is 23.5 Å². The maximum atomic E-state index is 11.8. The molecule has 1 unspecified atom stereocenters. The molecule has 0 radical (unpaired) electrons. The number of phosphoric acid groups is 1. The molecule has 146 valence electrons. The number of hydrogen-bond donors (Lipinski definition) is 6. The van der Waals surface area contributed by atoms with Crippen molar-refractivity contribution in [3.63, 3.8) is 0 Å². The summed E-state index contributed by atoms with van der Waals surface area (Å²) in [4.78, 5) is 53.2. The Labute approximate surface area is 149 Å². The first kappa shape index (κ1) is 23.8. The van der Waals surface area contributed by atoms with Crippen molar-refractivity contribution in [1.82, 2.24) is 10.6 Å². The van der Waals surface area contributed by atoms with Gasteiger partial charge >= 0.3 is 5.97 Å². The highest BCUT2D eigenvalue weighted by molar-refractivity contribution is 7.80. The minimum Gasteiger partial charge on any atom is -0.756 e. The summed E-state index contributed by atoms with van der Waals surface area (Å²) in [5.74, 6) is -2.87. The number of carboxylic acids is 1. The minimum atomic E-state index is -4.99. The molecular weight excluding hydrogens is 379 g/mol. The average molecular weight is 401 g/mol. The van der Waals surface area contributed by atoms with Crippen LogP contribution in [0.4, 0.5) is 0 Å². The molecule has 0 fully saturated rings. The monoisotopic (exact) mass is 401 g/mol. The smallest absolute Gasteiger partial charge is 0.327 e. The molecule has 25 heavy (non-hydrogen) atoms. The third kappa shape index (κ3) is 9.78. The molecule has 0 aromatic carbocycles. The number of aliphatic carboxylic acids is 1. The number of phosphoric ester groups is 1. The summed E-state index contributed by atoms with van der Waals surface area (Å²) in [6, 6.07) is -1.16. The topological polar surface area (TPSA) is 185 Å². The molecule has 0 saturated carbocycles. The van der Waals surface area contributed by atoms with Gasteiger partial charge in [-0.15, -0.1) is 0 Å². The standard InChI is InChI=1S/C12H23N2O9PS/c1-12(2,6-23-24(20,21)22)9(16)10(17)13-4-3-8(15)14-7(5-25)11(18)19/h7,9,16,25H,3-6H2,1-2H3,(H,13,17)(H,14,15)(H,18,19)(H2,20,21,22)/p-1/t7-,9-/m0/s1. The number of aliphatic hydroxyl groups is 1. The van der Waals surface area contributed by atoms with E-state index in [1.807, 2.05) is 0 Å². The van der Waals surface area contributed by atoms with Crippen molar-refractivity contribution in [2.45, 2.75) is 32.4 Å².